The molecule has 0 saturated carbocycles. The molecule has 0 spiro atoms. The van der Waals surface area contributed by atoms with Gasteiger partial charge in [-0.05, 0) is 24.3 Å². The van der Waals surface area contributed by atoms with Gasteiger partial charge in [-0.2, -0.15) is 0 Å². The first-order valence-electron chi connectivity index (χ1n) is 5.89. The number of fused-ring (bicyclic) bond motifs is 1. The number of rotatable bonds is 1. The molecule has 0 saturated heterocycles. The molecule has 0 N–H and O–H groups in total. The molecule has 1 heterocycles. The van der Waals surface area contributed by atoms with Crippen molar-refractivity contribution < 1.29 is 9.53 Å². The van der Waals surface area contributed by atoms with Crippen LogP contribution in [0.5, 0.6) is 5.75 Å². The zero-order valence-electron chi connectivity index (χ0n) is 9.90. The van der Waals surface area contributed by atoms with E-state index in [4.69, 9.17) is 16.3 Å². The highest BCUT2D eigenvalue weighted by molar-refractivity contribution is 9.10. The van der Waals surface area contributed by atoms with Gasteiger partial charge in [-0.15, -0.1) is 0 Å². The number of ketones is 1. The van der Waals surface area contributed by atoms with Crippen LogP contribution in [0.3, 0.4) is 0 Å². The second-order valence-electron chi connectivity index (χ2n) is 4.40. The first kappa shape index (κ1) is 12.7. The lowest BCUT2D eigenvalue weighted by Gasteiger charge is -2.26. The molecule has 0 aliphatic carbocycles. The van der Waals surface area contributed by atoms with Gasteiger partial charge in [0.15, 0.2) is 5.78 Å². The molecule has 0 bridgehead atoms. The maximum absolute atomic E-state index is 12.2. The van der Waals surface area contributed by atoms with Crippen LogP contribution >= 0.6 is 27.5 Å². The average Bonchev–Trinajstić information content (AvgIpc) is 2.40. The summed E-state index contributed by atoms with van der Waals surface area (Å²) in [6, 6.07) is 12.9. The first-order chi connectivity index (χ1) is 9.15. The molecule has 1 aliphatic heterocycles. The molecular formula is C15H10BrClO2. The van der Waals surface area contributed by atoms with Crippen molar-refractivity contribution in [1.82, 2.24) is 0 Å². The molecule has 4 heteroatoms. The van der Waals surface area contributed by atoms with Gasteiger partial charge in [0.25, 0.3) is 0 Å². The van der Waals surface area contributed by atoms with E-state index in [1.165, 1.54) is 0 Å². The largest absolute Gasteiger partial charge is 0.484 e. The summed E-state index contributed by atoms with van der Waals surface area (Å²) in [6.07, 6.45) is 0.00238. The van der Waals surface area contributed by atoms with Crippen LogP contribution in [0.25, 0.3) is 0 Å². The van der Waals surface area contributed by atoms with E-state index in [1.54, 1.807) is 12.1 Å². The fourth-order valence-electron chi connectivity index (χ4n) is 2.21. The van der Waals surface area contributed by atoms with Gasteiger partial charge >= 0.3 is 0 Å². The Labute approximate surface area is 124 Å². The lowest BCUT2D eigenvalue weighted by Crippen LogP contribution is -2.20. The Morgan fingerprint density at radius 2 is 2.00 bits per heavy atom. The van der Waals surface area contributed by atoms with Crippen molar-refractivity contribution in [3.8, 4) is 5.75 Å². The van der Waals surface area contributed by atoms with Crippen LogP contribution in [-0.4, -0.2) is 5.78 Å². The fourth-order valence-corrected chi connectivity index (χ4v) is 2.82. The Kier molecular flexibility index (Phi) is 3.33. The number of carbonyl (C=O) groups is 1. The maximum Gasteiger partial charge on any atom is 0.170 e. The fraction of sp³-hybridized carbons (Fsp3) is 0.133. The predicted octanol–water partition coefficient (Wildman–Crippen LogP) is 4.81. The van der Waals surface area contributed by atoms with Crippen LogP contribution in [0, 0.1) is 0 Å². The molecule has 2 aromatic rings. The van der Waals surface area contributed by atoms with Crippen molar-refractivity contribution in [2.24, 2.45) is 0 Å². The minimum Gasteiger partial charge on any atom is -0.484 e. The van der Waals surface area contributed by atoms with E-state index in [0.717, 1.165) is 10.0 Å². The lowest BCUT2D eigenvalue weighted by atomic mass is 9.96. The SMILES string of the molecule is O=C1CC(c2ccccc2Cl)Oc2ccc(Br)cc21. The smallest absolute Gasteiger partial charge is 0.170 e. The highest BCUT2D eigenvalue weighted by Gasteiger charge is 2.28. The highest BCUT2D eigenvalue weighted by atomic mass is 79.9. The number of Topliss-reactive ketones (excluding diaryl/α,β-unsaturated/α-hetero) is 1. The summed E-state index contributed by atoms with van der Waals surface area (Å²) < 4.78 is 6.77. The van der Waals surface area contributed by atoms with E-state index in [1.807, 2.05) is 30.3 Å². The highest BCUT2D eigenvalue weighted by Crippen LogP contribution is 2.38. The van der Waals surface area contributed by atoms with Crippen molar-refractivity contribution in [1.29, 1.82) is 0 Å². The summed E-state index contributed by atoms with van der Waals surface area (Å²) in [4.78, 5) is 12.2. The Balaban J connectivity index is 2.00. The lowest BCUT2D eigenvalue weighted by molar-refractivity contribution is 0.0850. The molecule has 2 nitrogen and oxygen atoms in total. The monoisotopic (exact) mass is 336 g/mol. The van der Waals surface area contributed by atoms with Gasteiger partial charge in [0.1, 0.15) is 11.9 Å². The number of ether oxygens (including phenoxy) is 1. The van der Waals surface area contributed by atoms with Gasteiger partial charge in [-0.25, -0.2) is 0 Å². The summed E-state index contributed by atoms with van der Waals surface area (Å²) in [6.45, 7) is 0. The second kappa shape index (κ2) is 4.99. The van der Waals surface area contributed by atoms with Gasteiger partial charge in [0.05, 0.1) is 12.0 Å². The molecule has 2 aromatic carbocycles. The third kappa shape index (κ3) is 2.40. The Hall–Kier alpha value is -1.32. The Morgan fingerprint density at radius 1 is 1.21 bits per heavy atom. The molecule has 0 radical (unpaired) electrons. The Morgan fingerprint density at radius 3 is 2.79 bits per heavy atom. The van der Waals surface area contributed by atoms with Crippen LogP contribution in [0.2, 0.25) is 5.02 Å². The zero-order valence-corrected chi connectivity index (χ0v) is 12.2. The van der Waals surface area contributed by atoms with E-state index in [9.17, 15) is 4.79 Å². The van der Waals surface area contributed by atoms with E-state index in [2.05, 4.69) is 15.9 Å². The van der Waals surface area contributed by atoms with Crippen LogP contribution in [0.15, 0.2) is 46.9 Å². The molecular weight excluding hydrogens is 328 g/mol. The van der Waals surface area contributed by atoms with Gasteiger partial charge < -0.3 is 4.74 Å². The number of benzene rings is 2. The summed E-state index contributed by atoms with van der Waals surface area (Å²) in [5, 5.41) is 0.626. The van der Waals surface area contributed by atoms with Crippen LogP contribution in [-0.2, 0) is 0 Å². The molecule has 3 rings (SSSR count). The first-order valence-corrected chi connectivity index (χ1v) is 7.06. The van der Waals surface area contributed by atoms with Crippen molar-refractivity contribution in [3.63, 3.8) is 0 Å². The topological polar surface area (TPSA) is 26.3 Å². The van der Waals surface area contributed by atoms with Crippen LogP contribution < -0.4 is 4.74 Å². The number of hydrogen-bond acceptors (Lipinski definition) is 2. The van der Waals surface area contributed by atoms with E-state index < -0.39 is 0 Å². The summed E-state index contributed by atoms with van der Waals surface area (Å²) in [5.74, 6) is 0.692. The zero-order chi connectivity index (χ0) is 13.4. The Bertz CT molecular complexity index is 654. The molecule has 96 valence electrons. The summed E-state index contributed by atoms with van der Waals surface area (Å²) in [7, 11) is 0. The minimum absolute atomic E-state index is 0.0764. The number of carbonyl (C=O) groups excluding carboxylic acids is 1. The van der Waals surface area contributed by atoms with Crippen molar-refractivity contribution >= 4 is 33.3 Å². The predicted molar refractivity (Wildman–Crippen MR) is 77.9 cm³/mol. The molecule has 0 aromatic heterocycles. The molecule has 0 amide bonds. The second-order valence-corrected chi connectivity index (χ2v) is 5.72. The van der Waals surface area contributed by atoms with E-state index >= 15 is 0 Å². The molecule has 1 atom stereocenters. The number of hydrogen-bond donors (Lipinski definition) is 0. The molecule has 19 heavy (non-hydrogen) atoms. The number of halogens is 2. The third-order valence-corrected chi connectivity index (χ3v) is 3.97. The molecule has 0 fully saturated rings. The van der Waals surface area contributed by atoms with E-state index in [-0.39, 0.29) is 11.9 Å². The van der Waals surface area contributed by atoms with Gasteiger partial charge in [-0.3, -0.25) is 4.79 Å². The maximum atomic E-state index is 12.2. The summed E-state index contributed by atoms with van der Waals surface area (Å²) >= 11 is 9.52. The summed E-state index contributed by atoms with van der Waals surface area (Å²) in [5.41, 5.74) is 1.48. The quantitative estimate of drug-likeness (QED) is 0.746. The van der Waals surface area contributed by atoms with Crippen LogP contribution in [0.1, 0.15) is 28.4 Å². The average molecular weight is 338 g/mol. The van der Waals surface area contributed by atoms with Crippen molar-refractivity contribution in [2.45, 2.75) is 12.5 Å². The standard InChI is InChI=1S/C15H10BrClO2/c16-9-5-6-14-11(7-9)13(18)8-15(19-14)10-3-1-2-4-12(10)17/h1-7,15H,8H2. The third-order valence-electron chi connectivity index (χ3n) is 3.13. The van der Waals surface area contributed by atoms with E-state index in [0.29, 0.717) is 22.8 Å². The van der Waals surface area contributed by atoms with Crippen molar-refractivity contribution in [3.05, 3.63) is 63.1 Å². The van der Waals surface area contributed by atoms with Gasteiger partial charge in [0, 0.05) is 15.1 Å². The van der Waals surface area contributed by atoms with Crippen molar-refractivity contribution in [2.75, 3.05) is 0 Å². The molecule has 1 unspecified atom stereocenters. The van der Waals surface area contributed by atoms with Gasteiger partial charge in [0.2, 0.25) is 0 Å². The normalized spacial score (nSPS) is 17.8. The minimum atomic E-state index is -0.310. The van der Waals surface area contributed by atoms with Crippen LogP contribution in [0.4, 0.5) is 0 Å². The van der Waals surface area contributed by atoms with Gasteiger partial charge in [-0.1, -0.05) is 45.7 Å². The molecule has 1 aliphatic rings.